The third-order valence-corrected chi connectivity index (χ3v) is 13.6. The van der Waals surface area contributed by atoms with E-state index in [1.54, 1.807) is 0 Å². The number of hydrogen-bond acceptors (Lipinski definition) is 6. The molecule has 0 bridgehead atoms. The second-order valence-corrected chi connectivity index (χ2v) is 20.6. The minimum Gasteiger partial charge on any atom is -0.462 e. The van der Waals surface area contributed by atoms with Gasteiger partial charge in [-0.3, -0.25) is 14.4 Å². The molecule has 0 rings (SSSR count). The molecule has 1 atom stereocenters. The van der Waals surface area contributed by atoms with E-state index in [-0.39, 0.29) is 31.1 Å². The summed E-state index contributed by atoms with van der Waals surface area (Å²) in [5, 5.41) is 0. The Morgan fingerprint density at radius 3 is 0.826 bits per heavy atom. The van der Waals surface area contributed by atoms with Gasteiger partial charge in [-0.15, -0.1) is 0 Å². The lowest BCUT2D eigenvalue weighted by atomic mass is 10.0. The van der Waals surface area contributed by atoms with E-state index in [0.29, 0.717) is 19.3 Å². The molecule has 0 aliphatic carbocycles. The maximum Gasteiger partial charge on any atom is 0.306 e. The van der Waals surface area contributed by atoms with Crippen LogP contribution in [0.1, 0.15) is 329 Å². The largest absolute Gasteiger partial charge is 0.462 e. The van der Waals surface area contributed by atoms with Crippen molar-refractivity contribution in [3.63, 3.8) is 0 Å². The van der Waals surface area contributed by atoms with Crippen LogP contribution in [0.2, 0.25) is 0 Å². The Labute approximate surface area is 429 Å². The molecule has 1 unspecified atom stereocenters. The minimum atomic E-state index is -0.783. The molecule has 0 saturated carbocycles. The van der Waals surface area contributed by atoms with Gasteiger partial charge in [0.1, 0.15) is 13.2 Å². The molecule has 0 aromatic heterocycles. The smallest absolute Gasteiger partial charge is 0.306 e. The van der Waals surface area contributed by atoms with Crippen molar-refractivity contribution >= 4 is 17.9 Å². The molecule has 0 aromatic carbocycles. The van der Waals surface area contributed by atoms with Gasteiger partial charge in [-0.05, 0) is 70.6 Å². The lowest BCUT2D eigenvalue weighted by molar-refractivity contribution is -0.167. The molecule has 0 spiro atoms. The molecule has 0 saturated heterocycles. The summed E-state index contributed by atoms with van der Waals surface area (Å²) in [6.07, 6.45) is 70.0. The van der Waals surface area contributed by atoms with Gasteiger partial charge >= 0.3 is 17.9 Å². The van der Waals surface area contributed by atoms with Crippen molar-refractivity contribution in [1.82, 2.24) is 0 Å². The summed E-state index contributed by atoms with van der Waals surface area (Å²) < 4.78 is 16.9. The van der Waals surface area contributed by atoms with Crippen molar-refractivity contribution in [3.8, 4) is 0 Å². The number of ether oxygens (including phenoxy) is 3. The van der Waals surface area contributed by atoms with Gasteiger partial charge in [-0.2, -0.15) is 0 Å². The van der Waals surface area contributed by atoms with Crippen LogP contribution in [0.15, 0.2) is 36.5 Å². The van der Waals surface area contributed by atoms with Gasteiger partial charge in [0.05, 0.1) is 0 Å². The molecule has 404 valence electrons. The molecule has 69 heavy (non-hydrogen) atoms. The van der Waals surface area contributed by atoms with Crippen LogP contribution < -0.4 is 0 Å². The first-order valence-corrected chi connectivity index (χ1v) is 30.5. The first-order chi connectivity index (χ1) is 34.0. The number of esters is 3. The molecule has 0 N–H and O–H groups in total. The van der Waals surface area contributed by atoms with Crippen molar-refractivity contribution in [3.05, 3.63) is 36.5 Å². The van der Waals surface area contributed by atoms with Crippen LogP contribution in [0, 0.1) is 0 Å². The van der Waals surface area contributed by atoms with Crippen LogP contribution in [0.25, 0.3) is 0 Å². The molecule has 0 aliphatic rings. The fourth-order valence-corrected chi connectivity index (χ4v) is 9.02. The Kier molecular flexibility index (Phi) is 56.2. The number of carbonyl (C=O) groups is 3. The number of carbonyl (C=O) groups excluding carboxylic acids is 3. The van der Waals surface area contributed by atoms with Crippen molar-refractivity contribution in [1.29, 1.82) is 0 Å². The van der Waals surface area contributed by atoms with Gasteiger partial charge in [0.25, 0.3) is 0 Å². The van der Waals surface area contributed by atoms with E-state index in [0.717, 1.165) is 70.6 Å². The second kappa shape index (κ2) is 58.2. The fraction of sp³-hybridized carbons (Fsp3) is 0.857. The van der Waals surface area contributed by atoms with Crippen LogP contribution >= 0.6 is 0 Å². The lowest BCUT2D eigenvalue weighted by Gasteiger charge is -2.18. The summed E-state index contributed by atoms with van der Waals surface area (Å²) >= 11 is 0. The van der Waals surface area contributed by atoms with E-state index in [1.165, 1.54) is 218 Å². The highest BCUT2D eigenvalue weighted by Gasteiger charge is 2.19. The molecule has 0 amide bonds. The molecule has 6 heteroatoms. The average Bonchev–Trinajstić information content (AvgIpc) is 3.35. The maximum atomic E-state index is 12.9. The lowest BCUT2D eigenvalue weighted by Crippen LogP contribution is -2.30. The highest BCUT2D eigenvalue weighted by molar-refractivity contribution is 5.71. The molecule has 0 aliphatic heterocycles. The number of hydrogen-bond donors (Lipinski definition) is 0. The monoisotopic (exact) mass is 969 g/mol. The fourth-order valence-electron chi connectivity index (χ4n) is 9.02. The van der Waals surface area contributed by atoms with Gasteiger partial charge in [-0.25, -0.2) is 0 Å². The summed E-state index contributed by atoms with van der Waals surface area (Å²) in [7, 11) is 0. The Morgan fingerprint density at radius 2 is 0.522 bits per heavy atom. The topological polar surface area (TPSA) is 78.9 Å². The van der Waals surface area contributed by atoms with Crippen LogP contribution in [0.4, 0.5) is 0 Å². The van der Waals surface area contributed by atoms with Crippen LogP contribution in [-0.4, -0.2) is 37.2 Å². The zero-order valence-electron chi connectivity index (χ0n) is 46.3. The van der Waals surface area contributed by atoms with Crippen molar-refractivity contribution in [2.24, 2.45) is 0 Å². The third-order valence-electron chi connectivity index (χ3n) is 13.6. The molecular weight excluding hydrogens is 853 g/mol. The standard InChI is InChI=1S/C63H116O6/c1-4-7-10-13-16-19-22-25-28-31-33-35-38-41-44-47-50-53-56-62(65)68-59-60(58-67-61(64)55-52-49-46-43-40-37-34-30-27-24-21-18-15-12-9-6-3)69-63(66)57-54-51-48-45-42-39-36-32-29-26-23-20-17-14-11-8-5-2/h26,29-30,34,37,40,60H,4-25,27-28,31-33,35-36,38-39,41-59H2,1-3H3/b29-26-,34-30-,40-37-. The maximum absolute atomic E-state index is 12.9. The van der Waals surface area contributed by atoms with E-state index >= 15 is 0 Å². The van der Waals surface area contributed by atoms with E-state index in [4.69, 9.17) is 14.2 Å². The van der Waals surface area contributed by atoms with E-state index in [1.807, 2.05) is 0 Å². The Morgan fingerprint density at radius 1 is 0.290 bits per heavy atom. The van der Waals surface area contributed by atoms with Crippen LogP contribution in [0.3, 0.4) is 0 Å². The highest BCUT2D eigenvalue weighted by atomic mass is 16.6. The molecule has 0 heterocycles. The van der Waals surface area contributed by atoms with Gasteiger partial charge in [-0.1, -0.05) is 276 Å². The van der Waals surface area contributed by atoms with Gasteiger partial charge in [0.15, 0.2) is 6.10 Å². The van der Waals surface area contributed by atoms with Crippen molar-refractivity contribution < 1.29 is 28.6 Å². The number of rotatable bonds is 56. The summed E-state index contributed by atoms with van der Waals surface area (Å²) in [6, 6.07) is 0. The molecule has 6 nitrogen and oxygen atoms in total. The third kappa shape index (κ3) is 56.4. The summed E-state index contributed by atoms with van der Waals surface area (Å²) in [5.74, 6) is -0.890. The first-order valence-electron chi connectivity index (χ1n) is 30.5. The average molecular weight is 970 g/mol. The van der Waals surface area contributed by atoms with Crippen LogP contribution in [0.5, 0.6) is 0 Å². The van der Waals surface area contributed by atoms with Gasteiger partial charge in [0, 0.05) is 19.3 Å². The Bertz CT molecular complexity index is 1160. The van der Waals surface area contributed by atoms with Crippen molar-refractivity contribution in [2.45, 2.75) is 335 Å². The van der Waals surface area contributed by atoms with E-state index in [2.05, 4.69) is 57.2 Å². The SMILES string of the molecule is CCCCCCCC/C=C\CCCCCCCCCC(=O)OC(COC(=O)CCCCC/C=C\C=C/CCCCCCCCC)COC(=O)CCCCCCCCCCCCCCCCCCCC. The summed E-state index contributed by atoms with van der Waals surface area (Å²) in [4.78, 5) is 38.2. The number of unbranched alkanes of at least 4 members (excludes halogenated alkanes) is 40. The second-order valence-electron chi connectivity index (χ2n) is 20.6. The highest BCUT2D eigenvalue weighted by Crippen LogP contribution is 2.17. The Hall–Kier alpha value is -2.37. The Balaban J connectivity index is 4.37. The predicted octanol–water partition coefficient (Wildman–Crippen LogP) is 20.4. The molecule has 0 fully saturated rings. The number of allylic oxidation sites excluding steroid dienone is 6. The minimum absolute atomic E-state index is 0.0784. The van der Waals surface area contributed by atoms with Gasteiger partial charge < -0.3 is 14.2 Å². The zero-order chi connectivity index (χ0) is 50.0. The van der Waals surface area contributed by atoms with E-state index in [9.17, 15) is 14.4 Å². The zero-order valence-corrected chi connectivity index (χ0v) is 46.3. The first kappa shape index (κ1) is 66.6. The van der Waals surface area contributed by atoms with Crippen molar-refractivity contribution in [2.75, 3.05) is 13.2 Å². The van der Waals surface area contributed by atoms with Gasteiger partial charge in [0.2, 0.25) is 0 Å². The summed E-state index contributed by atoms with van der Waals surface area (Å²) in [5.41, 5.74) is 0. The normalized spacial score (nSPS) is 12.2. The quantitative estimate of drug-likeness (QED) is 0.0199. The van der Waals surface area contributed by atoms with Crippen LogP contribution in [-0.2, 0) is 28.6 Å². The molecule has 0 aromatic rings. The molecular formula is C63H116O6. The predicted molar refractivity (Wildman–Crippen MR) is 298 cm³/mol. The molecule has 0 radical (unpaired) electrons. The summed E-state index contributed by atoms with van der Waals surface area (Å²) in [6.45, 7) is 6.66. The van der Waals surface area contributed by atoms with E-state index < -0.39 is 6.10 Å².